The molecule has 1 saturated heterocycles. The molecule has 2 amide bonds. The summed E-state index contributed by atoms with van der Waals surface area (Å²) in [5, 5.41) is 7.14. The van der Waals surface area contributed by atoms with Gasteiger partial charge in [0.05, 0.1) is 18.4 Å². The van der Waals surface area contributed by atoms with Gasteiger partial charge in [0.2, 0.25) is 11.8 Å². The number of anilines is 1. The summed E-state index contributed by atoms with van der Waals surface area (Å²) >= 11 is 0. The van der Waals surface area contributed by atoms with Crippen LogP contribution in [-0.2, 0) is 16.0 Å². The molecule has 2 aromatic carbocycles. The molecule has 1 aromatic heterocycles. The highest BCUT2D eigenvalue weighted by atomic mass is 19.1. The molecule has 0 unspecified atom stereocenters. The van der Waals surface area contributed by atoms with E-state index in [4.69, 9.17) is 0 Å². The number of hydrogen-bond acceptors (Lipinski definition) is 4. The first-order valence-electron chi connectivity index (χ1n) is 10.7. The predicted octanol–water partition coefficient (Wildman–Crippen LogP) is 2.73. The van der Waals surface area contributed by atoms with Crippen LogP contribution in [0.2, 0.25) is 0 Å². The molecule has 4 rings (SSSR count). The molecule has 0 aliphatic carbocycles. The predicted molar refractivity (Wildman–Crippen MR) is 120 cm³/mol. The molecule has 1 aliphatic rings. The van der Waals surface area contributed by atoms with Crippen molar-refractivity contribution in [1.82, 2.24) is 19.6 Å². The maximum absolute atomic E-state index is 13.0. The number of aryl methyl sites for hydroxylation is 1. The summed E-state index contributed by atoms with van der Waals surface area (Å²) in [5.41, 5.74) is 2.59. The standard InChI is InChI=1S/C24H26FN5O2/c25-20-7-9-21(10-8-20)27-23(31)18-28-12-14-29(15-13-28)24(32)11-6-19-16-26-30(17-19)22-4-2-1-3-5-22/h1-5,7-10,16-17H,6,11-15,18H2,(H,27,31). The maximum atomic E-state index is 13.0. The number of aromatic nitrogens is 2. The summed E-state index contributed by atoms with van der Waals surface area (Å²) in [4.78, 5) is 28.7. The number of benzene rings is 2. The van der Waals surface area contributed by atoms with Crippen molar-refractivity contribution in [3.05, 3.63) is 78.4 Å². The van der Waals surface area contributed by atoms with E-state index in [1.807, 2.05) is 51.0 Å². The van der Waals surface area contributed by atoms with E-state index in [1.54, 1.807) is 6.20 Å². The van der Waals surface area contributed by atoms with E-state index in [9.17, 15) is 14.0 Å². The molecule has 7 nitrogen and oxygen atoms in total. The summed E-state index contributed by atoms with van der Waals surface area (Å²) in [6.45, 7) is 2.75. The lowest BCUT2D eigenvalue weighted by molar-refractivity contribution is -0.133. The minimum absolute atomic E-state index is 0.118. The van der Waals surface area contributed by atoms with Crippen LogP contribution < -0.4 is 5.32 Å². The Morgan fingerprint density at radius 1 is 0.969 bits per heavy atom. The summed E-state index contributed by atoms with van der Waals surface area (Å²) in [5.74, 6) is -0.367. The quantitative estimate of drug-likeness (QED) is 0.620. The van der Waals surface area contributed by atoms with E-state index in [2.05, 4.69) is 10.4 Å². The van der Waals surface area contributed by atoms with Gasteiger partial charge < -0.3 is 10.2 Å². The van der Waals surface area contributed by atoms with Crippen LogP contribution in [0.5, 0.6) is 0 Å². The molecule has 32 heavy (non-hydrogen) atoms. The highest BCUT2D eigenvalue weighted by molar-refractivity contribution is 5.92. The van der Waals surface area contributed by atoms with Crippen LogP contribution in [0.3, 0.4) is 0 Å². The molecular weight excluding hydrogens is 409 g/mol. The van der Waals surface area contributed by atoms with Crippen LogP contribution in [0.15, 0.2) is 67.0 Å². The van der Waals surface area contributed by atoms with Crippen LogP contribution in [0.4, 0.5) is 10.1 Å². The van der Waals surface area contributed by atoms with E-state index >= 15 is 0 Å². The van der Waals surface area contributed by atoms with Gasteiger partial charge in [-0.15, -0.1) is 0 Å². The molecule has 3 aromatic rings. The molecule has 0 spiro atoms. The van der Waals surface area contributed by atoms with Gasteiger partial charge in [-0.2, -0.15) is 5.10 Å². The van der Waals surface area contributed by atoms with Gasteiger partial charge in [0.25, 0.3) is 0 Å². The Morgan fingerprint density at radius 3 is 2.41 bits per heavy atom. The molecule has 1 aliphatic heterocycles. The highest BCUT2D eigenvalue weighted by Gasteiger charge is 2.22. The number of rotatable bonds is 7. The van der Waals surface area contributed by atoms with E-state index in [0.29, 0.717) is 44.7 Å². The zero-order valence-corrected chi connectivity index (χ0v) is 17.8. The van der Waals surface area contributed by atoms with Gasteiger partial charge in [0, 0.05) is 44.5 Å². The molecule has 1 N–H and O–H groups in total. The molecule has 2 heterocycles. The van der Waals surface area contributed by atoms with Crippen molar-refractivity contribution in [3.63, 3.8) is 0 Å². The second kappa shape index (κ2) is 10.2. The number of para-hydroxylation sites is 1. The smallest absolute Gasteiger partial charge is 0.238 e. The lowest BCUT2D eigenvalue weighted by atomic mass is 10.1. The Bertz CT molecular complexity index is 1040. The molecule has 1 fully saturated rings. The van der Waals surface area contributed by atoms with Crippen LogP contribution in [0.1, 0.15) is 12.0 Å². The number of halogens is 1. The zero-order valence-electron chi connectivity index (χ0n) is 17.8. The first-order valence-corrected chi connectivity index (χ1v) is 10.7. The third kappa shape index (κ3) is 5.79. The largest absolute Gasteiger partial charge is 0.340 e. The molecule has 0 saturated carbocycles. The average molecular weight is 436 g/mol. The summed E-state index contributed by atoms with van der Waals surface area (Å²) in [6.07, 6.45) is 4.84. The van der Waals surface area contributed by atoms with Gasteiger partial charge >= 0.3 is 0 Å². The Kier molecular flexibility index (Phi) is 6.91. The number of amides is 2. The first kappa shape index (κ1) is 21.7. The van der Waals surface area contributed by atoms with E-state index in [0.717, 1.165) is 11.3 Å². The number of nitrogens with zero attached hydrogens (tertiary/aromatic N) is 4. The van der Waals surface area contributed by atoms with Gasteiger partial charge in [-0.1, -0.05) is 18.2 Å². The minimum Gasteiger partial charge on any atom is -0.340 e. The number of nitrogens with one attached hydrogen (secondary N) is 1. The van der Waals surface area contributed by atoms with Crippen molar-refractivity contribution in [3.8, 4) is 5.69 Å². The van der Waals surface area contributed by atoms with Gasteiger partial charge in [0.1, 0.15) is 5.82 Å². The summed E-state index contributed by atoms with van der Waals surface area (Å²) in [7, 11) is 0. The zero-order chi connectivity index (χ0) is 22.3. The number of hydrogen-bond donors (Lipinski definition) is 1. The fourth-order valence-electron chi connectivity index (χ4n) is 3.71. The van der Waals surface area contributed by atoms with Crippen LogP contribution in [0.25, 0.3) is 5.69 Å². The van der Waals surface area contributed by atoms with E-state index in [1.165, 1.54) is 24.3 Å². The van der Waals surface area contributed by atoms with Gasteiger partial charge in [-0.3, -0.25) is 14.5 Å². The van der Waals surface area contributed by atoms with Crippen LogP contribution in [-0.4, -0.2) is 64.1 Å². The van der Waals surface area contributed by atoms with Crippen LogP contribution in [0, 0.1) is 5.82 Å². The fraction of sp³-hybridized carbons (Fsp3) is 0.292. The average Bonchev–Trinajstić information content (AvgIpc) is 3.29. The third-order valence-corrected chi connectivity index (χ3v) is 5.50. The fourth-order valence-corrected chi connectivity index (χ4v) is 3.71. The van der Waals surface area contributed by atoms with E-state index < -0.39 is 0 Å². The van der Waals surface area contributed by atoms with Crippen molar-refractivity contribution in [2.75, 3.05) is 38.0 Å². The molecule has 0 radical (unpaired) electrons. The number of carbonyl (C=O) groups is 2. The second-order valence-electron chi connectivity index (χ2n) is 7.84. The normalized spacial score (nSPS) is 14.3. The van der Waals surface area contributed by atoms with E-state index in [-0.39, 0.29) is 24.2 Å². The molecule has 8 heteroatoms. The lowest BCUT2D eigenvalue weighted by Gasteiger charge is -2.34. The number of piperazine rings is 1. The lowest BCUT2D eigenvalue weighted by Crippen LogP contribution is -2.50. The first-order chi connectivity index (χ1) is 15.6. The van der Waals surface area contributed by atoms with Crippen molar-refractivity contribution < 1.29 is 14.0 Å². The molecule has 0 atom stereocenters. The van der Waals surface area contributed by atoms with Crippen LogP contribution >= 0.6 is 0 Å². The van der Waals surface area contributed by atoms with Crippen molar-refractivity contribution in [2.45, 2.75) is 12.8 Å². The summed E-state index contributed by atoms with van der Waals surface area (Å²) < 4.78 is 14.8. The Hall–Kier alpha value is -3.52. The van der Waals surface area contributed by atoms with Crippen molar-refractivity contribution in [2.24, 2.45) is 0 Å². The Morgan fingerprint density at radius 2 is 1.69 bits per heavy atom. The maximum Gasteiger partial charge on any atom is 0.238 e. The van der Waals surface area contributed by atoms with Gasteiger partial charge in [-0.05, 0) is 48.4 Å². The van der Waals surface area contributed by atoms with Crippen molar-refractivity contribution >= 4 is 17.5 Å². The monoisotopic (exact) mass is 435 g/mol. The molecule has 0 bridgehead atoms. The van der Waals surface area contributed by atoms with Crippen molar-refractivity contribution in [1.29, 1.82) is 0 Å². The Labute approximate surface area is 186 Å². The SMILES string of the molecule is O=C(CN1CCN(C(=O)CCc2cnn(-c3ccccc3)c2)CC1)Nc1ccc(F)cc1. The topological polar surface area (TPSA) is 70.5 Å². The Balaban J connectivity index is 1.19. The molecular formula is C24H26FN5O2. The minimum atomic E-state index is -0.339. The highest BCUT2D eigenvalue weighted by Crippen LogP contribution is 2.12. The third-order valence-electron chi connectivity index (χ3n) is 5.50. The van der Waals surface area contributed by atoms with Gasteiger partial charge in [0.15, 0.2) is 0 Å². The summed E-state index contributed by atoms with van der Waals surface area (Å²) in [6, 6.07) is 15.6. The van der Waals surface area contributed by atoms with Gasteiger partial charge in [-0.25, -0.2) is 9.07 Å². The second-order valence-corrected chi connectivity index (χ2v) is 7.84. The molecule has 166 valence electrons. The number of carbonyl (C=O) groups excluding carboxylic acids is 2.